The maximum atomic E-state index is 3.34. The summed E-state index contributed by atoms with van der Waals surface area (Å²) in [6.07, 6.45) is 8.65. The van der Waals surface area contributed by atoms with E-state index in [0.29, 0.717) is 5.41 Å². The normalized spacial score (nSPS) is 25.9. The predicted octanol–water partition coefficient (Wildman–Crippen LogP) is 1.86. The Morgan fingerprint density at radius 2 is 1.93 bits per heavy atom. The summed E-state index contributed by atoms with van der Waals surface area (Å²) in [7, 11) is 4.40. The number of nitrogens with zero attached hydrogens (tertiary/aromatic N) is 1. The SMILES string of the molecule is CNCC1(CN(C)C2CCCC2)CC1. The van der Waals surface area contributed by atoms with Crippen LogP contribution in [0.15, 0.2) is 0 Å². The highest BCUT2D eigenvalue weighted by molar-refractivity contribution is 4.97. The van der Waals surface area contributed by atoms with Crippen LogP contribution in [0.25, 0.3) is 0 Å². The van der Waals surface area contributed by atoms with Gasteiger partial charge in [-0.05, 0) is 45.2 Å². The lowest BCUT2D eigenvalue weighted by molar-refractivity contribution is 0.197. The molecule has 2 aliphatic rings. The van der Waals surface area contributed by atoms with Crippen LogP contribution in [0.4, 0.5) is 0 Å². The van der Waals surface area contributed by atoms with Crippen molar-refractivity contribution < 1.29 is 0 Å². The van der Waals surface area contributed by atoms with Gasteiger partial charge in [0, 0.05) is 19.1 Å². The molecule has 0 aliphatic heterocycles. The fourth-order valence-corrected chi connectivity index (χ4v) is 2.95. The van der Waals surface area contributed by atoms with E-state index in [-0.39, 0.29) is 0 Å². The van der Waals surface area contributed by atoms with Crippen LogP contribution in [0.3, 0.4) is 0 Å². The van der Waals surface area contributed by atoms with E-state index in [1.54, 1.807) is 0 Å². The molecule has 2 fully saturated rings. The van der Waals surface area contributed by atoms with E-state index in [1.165, 1.54) is 51.6 Å². The van der Waals surface area contributed by atoms with Gasteiger partial charge in [0.2, 0.25) is 0 Å². The standard InChI is InChI=1S/C12H24N2/c1-13-9-12(7-8-12)10-14(2)11-5-3-4-6-11/h11,13H,3-10H2,1-2H3. The lowest BCUT2D eigenvalue weighted by Gasteiger charge is -2.28. The Labute approximate surface area is 88.1 Å². The topological polar surface area (TPSA) is 15.3 Å². The number of nitrogens with one attached hydrogen (secondary N) is 1. The number of rotatable bonds is 5. The van der Waals surface area contributed by atoms with Crippen molar-refractivity contribution >= 4 is 0 Å². The Hall–Kier alpha value is -0.0800. The molecule has 2 rings (SSSR count). The second kappa shape index (κ2) is 4.19. The summed E-state index contributed by atoms with van der Waals surface area (Å²) in [6.45, 7) is 2.53. The van der Waals surface area contributed by atoms with E-state index >= 15 is 0 Å². The first-order valence-corrected chi connectivity index (χ1v) is 6.11. The molecule has 0 unspecified atom stereocenters. The first-order valence-electron chi connectivity index (χ1n) is 6.11. The molecule has 0 aromatic rings. The van der Waals surface area contributed by atoms with Gasteiger partial charge < -0.3 is 10.2 Å². The van der Waals surface area contributed by atoms with Crippen molar-refractivity contribution in [3.05, 3.63) is 0 Å². The summed E-state index contributed by atoms with van der Waals surface area (Å²) >= 11 is 0. The van der Waals surface area contributed by atoms with Gasteiger partial charge in [0.25, 0.3) is 0 Å². The van der Waals surface area contributed by atoms with E-state index in [1.807, 2.05) is 0 Å². The van der Waals surface area contributed by atoms with Gasteiger partial charge in [0.05, 0.1) is 0 Å². The fourth-order valence-electron chi connectivity index (χ4n) is 2.95. The molecule has 0 atom stereocenters. The van der Waals surface area contributed by atoms with Gasteiger partial charge in [-0.3, -0.25) is 0 Å². The van der Waals surface area contributed by atoms with Crippen LogP contribution >= 0.6 is 0 Å². The van der Waals surface area contributed by atoms with E-state index in [9.17, 15) is 0 Å². The van der Waals surface area contributed by atoms with E-state index in [0.717, 1.165) is 6.04 Å². The maximum absolute atomic E-state index is 3.34. The maximum Gasteiger partial charge on any atom is 0.00924 e. The molecule has 1 N–H and O–H groups in total. The van der Waals surface area contributed by atoms with E-state index in [4.69, 9.17) is 0 Å². The summed E-state index contributed by atoms with van der Waals surface area (Å²) in [5, 5.41) is 3.34. The molecular formula is C12H24N2. The molecule has 0 aromatic carbocycles. The van der Waals surface area contributed by atoms with Crippen LogP contribution in [0.5, 0.6) is 0 Å². The third-order valence-corrected chi connectivity index (χ3v) is 4.04. The first-order chi connectivity index (χ1) is 6.76. The second-order valence-corrected chi connectivity index (χ2v) is 5.38. The smallest absolute Gasteiger partial charge is 0.00924 e. The van der Waals surface area contributed by atoms with Crippen LogP contribution in [0, 0.1) is 5.41 Å². The molecule has 0 amide bonds. The average Bonchev–Trinajstić information content (AvgIpc) is 2.70. The van der Waals surface area contributed by atoms with Gasteiger partial charge >= 0.3 is 0 Å². The molecule has 2 aliphatic carbocycles. The van der Waals surface area contributed by atoms with Gasteiger partial charge in [-0.2, -0.15) is 0 Å². The third-order valence-electron chi connectivity index (χ3n) is 4.04. The van der Waals surface area contributed by atoms with Crippen molar-refractivity contribution in [2.75, 3.05) is 27.2 Å². The van der Waals surface area contributed by atoms with Crippen molar-refractivity contribution in [1.82, 2.24) is 10.2 Å². The van der Waals surface area contributed by atoms with E-state index in [2.05, 4.69) is 24.3 Å². The Kier molecular flexibility index (Phi) is 3.13. The Morgan fingerprint density at radius 3 is 2.43 bits per heavy atom. The zero-order chi connectivity index (χ0) is 10.0. The molecule has 0 heterocycles. The summed E-state index contributed by atoms with van der Waals surface area (Å²) < 4.78 is 0. The highest BCUT2D eigenvalue weighted by Crippen LogP contribution is 2.46. The summed E-state index contributed by atoms with van der Waals surface area (Å²) in [4.78, 5) is 2.62. The van der Waals surface area contributed by atoms with Gasteiger partial charge in [-0.25, -0.2) is 0 Å². The lowest BCUT2D eigenvalue weighted by Crippen LogP contribution is -2.37. The van der Waals surface area contributed by atoms with Crippen LogP contribution in [-0.4, -0.2) is 38.1 Å². The minimum Gasteiger partial charge on any atom is -0.319 e. The third kappa shape index (κ3) is 2.29. The predicted molar refractivity (Wildman–Crippen MR) is 60.5 cm³/mol. The zero-order valence-electron chi connectivity index (χ0n) is 9.68. The Balaban J connectivity index is 1.78. The van der Waals surface area contributed by atoms with E-state index < -0.39 is 0 Å². The van der Waals surface area contributed by atoms with Gasteiger partial charge in [0.15, 0.2) is 0 Å². The Morgan fingerprint density at radius 1 is 1.29 bits per heavy atom. The van der Waals surface area contributed by atoms with Gasteiger partial charge in [-0.1, -0.05) is 12.8 Å². The quantitative estimate of drug-likeness (QED) is 0.722. The Bertz CT molecular complexity index is 181. The molecule has 0 spiro atoms. The fraction of sp³-hybridized carbons (Fsp3) is 1.00. The molecule has 0 saturated heterocycles. The van der Waals surface area contributed by atoms with Crippen LogP contribution in [0.2, 0.25) is 0 Å². The average molecular weight is 196 g/mol. The second-order valence-electron chi connectivity index (χ2n) is 5.38. The zero-order valence-corrected chi connectivity index (χ0v) is 9.68. The molecule has 82 valence electrons. The summed E-state index contributed by atoms with van der Waals surface area (Å²) in [6, 6.07) is 0.893. The van der Waals surface area contributed by atoms with Crippen LogP contribution < -0.4 is 5.32 Å². The molecule has 0 aromatic heterocycles. The van der Waals surface area contributed by atoms with Gasteiger partial charge in [-0.15, -0.1) is 0 Å². The molecule has 14 heavy (non-hydrogen) atoms. The minimum atomic E-state index is 0.645. The van der Waals surface area contributed by atoms with Crippen LogP contribution in [0.1, 0.15) is 38.5 Å². The first kappa shape index (κ1) is 10.4. The number of hydrogen-bond donors (Lipinski definition) is 1. The highest BCUT2D eigenvalue weighted by atomic mass is 15.1. The molecule has 2 heteroatoms. The van der Waals surface area contributed by atoms with Crippen LogP contribution in [-0.2, 0) is 0 Å². The van der Waals surface area contributed by atoms with Crippen molar-refractivity contribution in [2.24, 2.45) is 5.41 Å². The lowest BCUT2D eigenvalue weighted by atomic mass is 10.1. The molecule has 0 radical (unpaired) electrons. The molecule has 2 nitrogen and oxygen atoms in total. The van der Waals surface area contributed by atoms with Gasteiger partial charge in [0.1, 0.15) is 0 Å². The molecule has 2 saturated carbocycles. The number of hydrogen-bond acceptors (Lipinski definition) is 2. The van der Waals surface area contributed by atoms with Crippen molar-refractivity contribution in [3.8, 4) is 0 Å². The largest absolute Gasteiger partial charge is 0.319 e. The highest BCUT2D eigenvalue weighted by Gasteiger charge is 2.43. The summed E-state index contributed by atoms with van der Waals surface area (Å²) in [5.74, 6) is 0. The van der Waals surface area contributed by atoms with Crippen molar-refractivity contribution in [1.29, 1.82) is 0 Å². The molecule has 0 bridgehead atoms. The minimum absolute atomic E-state index is 0.645. The summed E-state index contributed by atoms with van der Waals surface area (Å²) in [5.41, 5.74) is 0.645. The van der Waals surface area contributed by atoms with Crippen molar-refractivity contribution in [3.63, 3.8) is 0 Å². The van der Waals surface area contributed by atoms with Crippen molar-refractivity contribution in [2.45, 2.75) is 44.6 Å². The monoisotopic (exact) mass is 196 g/mol. The molecular weight excluding hydrogens is 172 g/mol.